The van der Waals surface area contributed by atoms with Gasteiger partial charge in [0, 0.05) is 35.8 Å². The van der Waals surface area contributed by atoms with E-state index in [1.165, 1.54) is 17.3 Å². The maximum absolute atomic E-state index is 13.2. The summed E-state index contributed by atoms with van der Waals surface area (Å²) in [6.07, 6.45) is 4.11. The molecule has 0 aliphatic carbocycles. The molecule has 0 saturated carbocycles. The van der Waals surface area contributed by atoms with E-state index in [1.54, 1.807) is 12.0 Å². The first-order chi connectivity index (χ1) is 14.6. The molecule has 1 fully saturated rings. The summed E-state index contributed by atoms with van der Waals surface area (Å²) >= 11 is 1.42. The maximum atomic E-state index is 13.2. The van der Waals surface area contributed by atoms with Crippen LogP contribution in [0.4, 0.5) is 5.69 Å². The molecule has 1 aliphatic rings. The molecule has 2 heterocycles. The van der Waals surface area contributed by atoms with Crippen LogP contribution < -0.4 is 0 Å². The molecular formula is C24H25N3O2S. The zero-order chi connectivity index (χ0) is 21.1. The summed E-state index contributed by atoms with van der Waals surface area (Å²) in [6.45, 7) is 5.25. The number of amidine groups is 1. The molecule has 0 radical (unpaired) electrons. The van der Waals surface area contributed by atoms with Gasteiger partial charge in [0.1, 0.15) is 0 Å². The van der Waals surface area contributed by atoms with E-state index in [2.05, 4.69) is 36.7 Å². The van der Waals surface area contributed by atoms with E-state index in [0.717, 1.165) is 16.6 Å². The van der Waals surface area contributed by atoms with Gasteiger partial charge in [-0.3, -0.25) is 9.69 Å². The molecule has 4 rings (SSSR count). The largest absolute Gasteiger partial charge is 0.383 e. The molecule has 1 aliphatic heterocycles. The van der Waals surface area contributed by atoms with Gasteiger partial charge < -0.3 is 9.30 Å². The lowest BCUT2D eigenvalue weighted by Crippen LogP contribution is -2.32. The minimum absolute atomic E-state index is 0.0342. The van der Waals surface area contributed by atoms with Crippen molar-refractivity contribution in [2.75, 3.05) is 20.3 Å². The van der Waals surface area contributed by atoms with Crippen molar-refractivity contribution in [1.29, 1.82) is 0 Å². The van der Waals surface area contributed by atoms with Gasteiger partial charge in [-0.05, 0) is 49.9 Å². The van der Waals surface area contributed by atoms with Gasteiger partial charge in [-0.25, -0.2) is 4.99 Å². The predicted octanol–water partition coefficient (Wildman–Crippen LogP) is 5.47. The number of nitrogens with zero attached hydrogens (tertiary/aromatic N) is 3. The fourth-order valence-corrected chi connectivity index (χ4v) is 4.51. The van der Waals surface area contributed by atoms with Crippen LogP contribution in [0.3, 0.4) is 0 Å². The number of aliphatic imine (C=N–C) groups is 1. The van der Waals surface area contributed by atoms with Gasteiger partial charge in [-0.1, -0.05) is 36.4 Å². The Labute approximate surface area is 181 Å². The van der Waals surface area contributed by atoms with E-state index in [0.29, 0.717) is 29.3 Å². The number of hydrogen-bond acceptors (Lipinski definition) is 4. The van der Waals surface area contributed by atoms with Crippen molar-refractivity contribution in [2.24, 2.45) is 4.99 Å². The molecule has 6 heteroatoms. The van der Waals surface area contributed by atoms with Crippen LogP contribution in [0.2, 0.25) is 0 Å². The van der Waals surface area contributed by atoms with E-state index in [9.17, 15) is 4.79 Å². The number of para-hydroxylation sites is 2. The lowest BCUT2D eigenvalue weighted by molar-refractivity contribution is -0.122. The Kier molecular flexibility index (Phi) is 6.06. The molecule has 5 nitrogen and oxygen atoms in total. The third-order valence-electron chi connectivity index (χ3n) is 5.00. The highest BCUT2D eigenvalue weighted by Crippen LogP contribution is 2.36. The van der Waals surface area contributed by atoms with Gasteiger partial charge in [-0.15, -0.1) is 0 Å². The maximum Gasteiger partial charge on any atom is 0.266 e. The molecule has 0 spiro atoms. The van der Waals surface area contributed by atoms with Crippen LogP contribution in [0, 0.1) is 0 Å². The van der Waals surface area contributed by atoms with Crippen LogP contribution in [0.15, 0.2) is 70.7 Å². The molecule has 1 amide bonds. The van der Waals surface area contributed by atoms with Crippen molar-refractivity contribution in [1.82, 2.24) is 9.47 Å². The number of carbonyl (C=O) groups excluding carboxylic acids is 1. The first-order valence-corrected chi connectivity index (χ1v) is 10.8. The second-order valence-electron chi connectivity index (χ2n) is 7.39. The fourth-order valence-electron chi connectivity index (χ4n) is 3.50. The first-order valence-electron chi connectivity index (χ1n) is 10.0. The number of thioether (sulfide) groups is 1. The second-order valence-corrected chi connectivity index (χ2v) is 8.40. The van der Waals surface area contributed by atoms with E-state index in [-0.39, 0.29) is 5.91 Å². The Morgan fingerprint density at radius 1 is 1.10 bits per heavy atom. The standard InChI is InChI=1S/C24H25N3O2S/c1-17(2)27-16-18(20-11-7-8-12-21(20)27)15-22-23(28)26(13-14-29-3)24(30-22)25-19-9-5-4-6-10-19/h4-12,15-17H,13-14H2,1-3H3. The summed E-state index contributed by atoms with van der Waals surface area (Å²) < 4.78 is 7.45. The van der Waals surface area contributed by atoms with Crippen molar-refractivity contribution < 1.29 is 9.53 Å². The molecule has 1 aromatic heterocycles. The normalized spacial score (nSPS) is 17.2. The molecule has 0 N–H and O–H groups in total. The summed E-state index contributed by atoms with van der Waals surface area (Å²) in [5.74, 6) is -0.0342. The molecule has 30 heavy (non-hydrogen) atoms. The molecule has 0 unspecified atom stereocenters. The van der Waals surface area contributed by atoms with Crippen LogP contribution in [-0.2, 0) is 9.53 Å². The van der Waals surface area contributed by atoms with Crippen molar-refractivity contribution in [3.05, 3.63) is 71.3 Å². The molecular weight excluding hydrogens is 394 g/mol. The minimum atomic E-state index is -0.0342. The quantitative estimate of drug-likeness (QED) is 0.498. The second kappa shape index (κ2) is 8.90. The van der Waals surface area contributed by atoms with Gasteiger partial charge in [0.05, 0.1) is 23.7 Å². The summed E-state index contributed by atoms with van der Waals surface area (Å²) in [5.41, 5.74) is 3.04. The van der Waals surface area contributed by atoms with Crippen LogP contribution >= 0.6 is 11.8 Å². The fraction of sp³-hybridized carbons (Fsp3) is 0.250. The SMILES string of the molecule is COCCN1C(=O)C(=Cc2cn(C(C)C)c3ccccc23)SC1=Nc1ccccc1. The van der Waals surface area contributed by atoms with E-state index in [4.69, 9.17) is 9.73 Å². The number of ether oxygens (including phenoxy) is 1. The number of fused-ring (bicyclic) bond motifs is 1. The summed E-state index contributed by atoms with van der Waals surface area (Å²) in [7, 11) is 1.64. The Morgan fingerprint density at radius 2 is 1.83 bits per heavy atom. The predicted molar refractivity (Wildman–Crippen MR) is 125 cm³/mol. The number of benzene rings is 2. The number of amides is 1. The number of carbonyl (C=O) groups is 1. The molecule has 3 aromatic rings. The van der Waals surface area contributed by atoms with E-state index in [1.807, 2.05) is 48.5 Å². The number of aromatic nitrogens is 1. The average Bonchev–Trinajstić information content (AvgIpc) is 3.26. The van der Waals surface area contributed by atoms with Crippen LogP contribution in [-0.4, -0.2) is 40.8 Å². The monoisotopic (exact) mass is 419 g/mol. The lowest BCUT2D eigenvalue weighted by atomic mass is 10.1. The van der Waals surface area contributed by atoms with Crippen molar-refractivity contribution in [3.8, 4) is 0 Å². The first kappa shape index (κ1) is 20.4. The highest BCUT2D eigenvalue weighted by molar-refractivity contribution is 8.18. The van der Waals surface area contributed by atoms with Gasteiger partial charge in [-0.2, -0.15) is 0 Å². The van der Waals surface area contributed by atoms with Crippen molar-refractivity contribution in [3.63, 3.8) is 0 Å². The van der Waals surface area contributed by atoms with Crippen LogP contribution in [0.5, 0.6) is 0 Å². The van der Waals surface area contributed by atoms with E-state index >= 15 is 0 Å². The summed E-state index contributed by atoms with van der Waals surface area (Å²) in [6, 6.07) is 18.3. The Hall–Kier alpha value is -2.83. The van der Waals surface area contributed by atoms with Gasteiger partial charge in [0.15, 0.2) is 5.17 Å². The number of methoxy groups -OCH3 is 1. The topological polar surface area (TPSA) is 46.8 Å². The van der Waals surface area contributed by atoms with Crippen molar-refractivity contribution >= 4 is 45.5 Å². The molecule has 154 valence electrons. The van der Waals surface area contributed by atoms with Crippen LogP contribution in [0.25, 0.3) is 17.0 Å². The molecule has 0 bridgehead atoms. The number of rotatable bonds is 6. The highest BCUT2D eigenvalue weighted by atomic mass is 32.2. The average molecular weight is 420 g/mol. The zero-order valence-corrected chi connectivity index (χ0v) is 18.2. The zero-order valence-electron chi connectivity index (χ0n) is 17.4. The molecule has 2 aromatic carbocycles. The Bertz CT molecular complexity index is 1120. The van der Waals surface area contributed by atoms with Crippen molar-refractivity contribution in [2.45, 2.75) is 19.9 Å². The summed E-state index contributed by atoms with van der Waals surface area (Å²) in [4.78, 5) is 20.3. The third kappa shape index (κ3) is 4.06. The van der Waals surface area contributed by atoms with Gasteiger partial charge in [0.2, 0.25) is 0 Å². The number of hydrogen-bond donors (Lipinski definition) is 0. The smallest absolute Gasteiger partial charge is 0.266 e. The molecule has 1 saturated heterocycles. The molecule has 0 atom stereocenters. The minimum Gasteiger partial charge on any atom is -0.383 e. The van der Waals surface area contributed by atoms with Crippen LogP contribution in [0.1, 0.15) is 25.5 Å². The third-order valence-corrected chi connectivity index (χ3v) is 6.01. The Balaban J connectivity index is 1.74. The summed E-state index contributed by atoms with van der Waals surface area (Å²) in [5, 5.41) is 1.83. The highest BCUT2D eigenvalue weighted by Gasteiger charge is 2.33. The van der Waals surface area contributed by atoms with Gasteiger partial charge in [0.25, 0.3) is 5.91 Å². The Morgan fingerprint density at radius 3 is 2.57 bits per heavy atom. The van der Waals surface area contributed by atoms with Gasteiger partial charge >= 0.3 is 0 Å². The van der Waals surface area contributed by atoms with E-state index < -0.39 is 0 Å². The lowest BCUT2D eigenvalue weighted by Gasteiger charge is -2.14.